The van der Waals surface area contributed by atoms with Crippen LogP contribution < -0.4 is 19.5 Å². The van der Waals surface area contributed by atoms with Crippen LogP contribution in [0.2, 0.25) is 0 Å². The van der Waals surface area contributed by atoms with Crippen LogP contribution in [0.25, 0.3) is 27.7 Å². The summed E-state index contributed by atoms with van der Waals surface area (Å²) in [5.41, 5.74) is 5.94. The lowest BCUT2D eigenvalue weighted by Gasteiger charge is -2.14. The second-order valence-corrected chi connectivity index (χ2v) is 8.21. The Balaban J connectivity index is 1.78. The minimum atomic E-state index is -0.271. The summed E-state index contributed by atoms with van der Waals surface area (Å²) in [6, 6.07) is 11.4. The Morgan fingerprint density at radius 2 is 1.77 bits per heavy atom. The first-order valence-electron chi connectivity index (χ1n) is 11.1. The molecule has 1 amide bonds. The maximum Gasteiger partial charge on any atom is 0.249 e. The van der Waals surface area contributed by atoms with Crippen molar-refractivity contribution in [1.29, 1.82) is 0 Å². The Morgan fingerprint density at radius 1 is 1.00 bits per heavy atom. The Hall–Kier alpha value is -4.26. The van der Waals surface area contributed by atoms with Crippen molar-refractivity contribution in [3.63, 3.8) is 0 Å². The molecule has 0 saturated carbocycles. The molecule has 180 valence electrons. The SMILES string of the molecule is COc1ccc(-c2coc3c(C)c(OC)c(/C(C)=C/C(=O)Nc4cc(C)ccn4)cc23)cc1OC. The van der Waals surface area contributed by atoms with E-state index in [1.807, 2.05) is 57.2 Å². The van der Waals surface area contributed by atoms with E-state index in [-0.39, 0.29) is 5.91 Å². The molecule has 35 heavy (non-hydrogen) atoms. The van der Waals surface area contributed by atoms with Gasteiger partial charge >= 0.3 is 0 Å². The van der Waals surface area contributed by atoms with Crippen LogP contribution >= 0.6 is 0 Å². The van der Waals surface area contributed by atoms with Crippen molar-refractivity contribution in [2.24, 2.45) is 0 Å². The Bertz CT molecular complexity index is 1440. The average molecular weight is 473 g/mol. The standard InChI is InChI=1S/C28H28N2O5/c1-16-9-10-29-25(11-16)30-26(31)12-17(2)20-14-21-22(15-35-28(21)18(3)27(20)34-6)19-7-8-23(32-4)24(13-19)33-5/h7-15H,1-6H3,(H,29,30,31)/b17-12+. The van der Waals surface area contributed by atoms with Crippen LogP contribution in [0.15, 0.2) is 59.4 Å². The molecule has 1 N–H and O–H groups in total. The lowest BCUT2D eigenvalue weighted by Crippen LogP contribution is -2.10. The van der Waals surface area contributed by atoms with Crippen LogP contribution in [0.4, 0.5) is 5.82 Å². The molecule has 7 heteroatoms. The van der Waals surface area contributed by atoms with Crippen molar-refractivity contribution in [3.8, 4) is 28.4 Å². The minimum Gasteiger partial charge on any atom is -0.496 e. The van der Waals surface area contributed by atoms with Gasteiger partial charge in [-0.3, -0.25) is 4.79 Å². The molecule has 2 heterocycles. The summed E-state index contributed by atoms with van der Waals surface area (Å²) >= 11 is 0. The predicted octanol–water partition coefficient (Wildman–Crippen LogP) is 6.18. The number of allylic oxidation sites excluding steroid dienone is 1. The van der Waals surface area contributed by atoms with Crippen LogP contribution in [0.3, 0.4) is 0 Å². The van der Waals surface area contributed by atoms with Crippen LogP contribution in [-0.4, -0.2) is 32.2 Å². The molecule has 7 nitrogen and oxygen atoms in total. The molecule has 0 spiro atoms. The normalized spacial score (nSPS) is 11.4. The minimum absolute atomic E-state index is 0.271. The molecule has 0 aliphatic rings. The number of rotatable bonds is 7. The lowest BCUT2D eigenvalue weighted by molar-refractivity contribution is -0.111. The third-order valence-electron chi connectivity index (χ3n) is 5.88. The van der Waals surface area contributed by atoms with E-state index in [0.29, 0.717) is 23.1 Å². The van der Waals surface area contributed by atoms with Gasteiger partial charge in [-0.1, -0.05) is 6.07 Å². The highest BCUT2D eigenvalue weighted by molar-refractivity contribution is 6.05. The average Bonchev–Trinajstić information content (AvgIpc) is 3.27. The first-order chi connectivity index (χ1) is 16.9. The van der Waals surface area contributed by atoms with Crippen LogP contribution in [0.1, 0.15) is 23.6 Å². The zero-order valence-electron chi connectivity index (χ0n) is 20.7. The predicted molar refractivity (Wildman–Crippen MR) is 137 cm³/mol. The van der Waals surface area contributed by atoms with Crippen LogP contribution in [-0.2, 0) is 4.79 Å². The topological polar surface area (TPSA) is 82.8 Å². The molecule has 0 aliphatic carbocycles. The van der Waals surface area contributed by atoms with Gasteiger partial charge in [0, 0.05) is 34.3 Å². The number of anilines is 1. The smallest absolute Gasteiger partial charge is 0.249 e. The molecule has 0 saturated heterocycles. The van der Waals surface area contributed by atoms with Gasteiger partial charge in [-0.05, 0) is 67.8 Å². The van der Waals surface area contributed by atoms with Gasteiger partial charge in [0.05, 0.1) is 27.6 Å². The number of nitrogens with zero attached hydrogens (tertiary/aromatic N) is 1. The van der Waals surface area contributed by atoms with E-state index < -0.39 is 0 Å². The second-order valence-electron chi connectivity index (χ2n) is 8.21. The highest BCUT2D eigenvalue weighted by atomic mass is 16.5. The van der Waals surface area contributed by atoms with Gasteiger partial charge in [0.15, 0.2) is 11.5 Å². The number of carbonyl (C=O) groups excluding carboxylic acids is 1. The van der Waals surface area contributed by atoms with E-state index in [2.05, 4.69) is 10.3 Å². The number of benzene rings is 2. The van der Waals surface area contributed by atoms with Gasteiger partial charge in [-0.15, -0.1) is 0 Å². The fraction of sp³-hybridized carbons (Fsp3) is 0.214. The number of furan rings is 1. The molecule has 2 aromatic heterocycles. The molecule has 4 rings (SSSR count). The fourth-order valence-electron chi connectivity index (χ4n) is 4.14. The Kier molecular flexibility index (Phi) is 6.78. The summed E-state index contributed by atoms with van der Waals surface area (Å²) in [5.74, 6) is 2.16. The van der Waals surface area contributed by atoms with Gasteiger partial charge in [-0.25, -0.2) is 4.98 Å². The van der Waals surface area contributed by atoms with E-state index in [4.69, 9.17) is 18.6 Å². The number of aryl methyl sites for hydroxylation is 2. The zero-order chi connectivity index (χ0) is 25.1. The molecule has 4 aromatic rings. The maximum absolute atomic E-state index is 12.7. The van der Waals surface area contributed by atoms with Crippen molar-refractivity contribution in [2.75, 3.05) is 26.6 Å². The van der Waals surface area contributed by atoms with Crippen LogP contribution in [0.5, 0.6) is 17.2 Å². The number of methoxy groups -OCH3 is 3. The van der Waals surface area contributed by atoms with Crippen molar-refractivity contribution < 1.29 is 23.4 Å². The number of ether oxygens (including phenoxy) is 3. The molecule has 0 unspecified atom stereocenters. The molecule has 0 fully saturated rings. The van der Waals surface area contributed by atoms with Gasteiger partial charge < -0.3 is 23.9 Å². The molecular formula is C28H28N2O5. The van der Waals surface area contributed by atoms with E-state index in [1.54, 1.807) is 39.9 Å². The molecule has 0 aliphatic heterocycles. The zero-order valence-corrected chi connectivity index (χ0v) is 20.7. The van der Waals surface area contributed by atoms with E-state index in [0.717, 1.165) is 44.4 Å². The summed E-state index contributed by atoms with van der Waals surface area (Å²) in [6.45, 7) is 5.77. The number of fused-ring (bicyclic) bond motifs is 1. The lowest BCUT2D eigenvalue weighted by atomic mass is 9.96. The van der Waals surface area contributed by atoms with Crippen molar-refractivity contribution in [2.45, 2.75) is 20.8 Å². The van der Waals surface area contributed by atoms with Gasteiger partial charge in [-0.2, -0.15) is 0 Å². The third-order valence-corrected chi connectivity index (χ3v) is 5.88. The fourth-order valence-corrected chi connectivity index (χ4v) is 4.14. The molecule has 0 bridgehead atoms. The molecule has 0 radical (unpaired) electrons. The van der Waals surface area contributed by atoms with E-state index in [1.165, 1.54) is 0 Å². The van der Waals surface area contributed by atoms with Crippen molar-refractivity contribution in [1.82, 2.24) is 4.98 Å². The quantitative estimate of drug-likeness (QED) is 0.324. The summed E-state index contributed by atoms with van der Waals surface area (Å²) in [4.78, 5) is 16.9. The highest BCUT2D eigenvalue weighted by Gasteiger charge is 2.19. The number of pyridine rings is 1. The van der Waals surface area contributed by atoms with E-state index >= 15 is 0 Å². The first kappa shape index (κ1) is 23.9. The number of hydrogen-bond donors (Lipinski definition) is 1. The number of hydrogen-bond acceptors (Lipinski definition) is 6. The third kappa shape index (κ3) is 4.71. The van der Waals surface area contributed by atoms with Crippen molar-refractivity contribution >= 4 is 28.3 Å². The highest BCUT2D eigenvalue weighted by Crippen LogP contribution is 2.42. The molecule has 0 atom stereocenters. The molecule has 2 aromatic carbocycles. The Morgan fingerprint density at radius 3 is 2.46 bits per heavy atom. The van der Waals surface area contributed by atoms with E-state index in [9.17, 15) is 4.79 Å². The summed E-state index contributed by atoms with van der Waals surface area (Å²) in [6.07, 6.45) is 4.93. The number of nitrogens with one attached hydrogen (secondary N) is 1. The largest absolute Gasteiger partial charge is 0.496 e. The monoisotopic (exact) mass is 472 g/mol. The number of amides is 1. The van der Waals surface area contributed by atoms with Crippen LogP contribution in [0, 0.1) is 13.8 Å². The van der Waals surface area contributed by atoms with Gasteiger partial charge in [0.25, 0.3) is 0 Å². The summed E-state index contributed by atoms with van der Waals surface area (Å²) in [7, 11) is 4.82. The van der Waals surface area contributed by atoms with Gasteiger partial charge in [0.2, 0.25) is 5.91 Å². The summed E-state index contributed by atoms with van der Waals surface area (Å²) < 4.78 is 22.5. The second kappa shape index (κ2) is 9.93. The Labute approximate surface area is 204 Å². The number of carbonyl (C=O) groups is 1. The maximum atomic E-state index is 12.7. The number of aromatic nitrogens is 1. The van der Waals surface area contributed by atoms with Crippen molar-refractivity contribution in [3.05, 3.63) is 71.6 Å². The molecular weight excluding hydrogens is 444 g/mol. The van der Waals surface area contributed by atoms with Gasteiger partial charge in [0.1, 0.15) is 17.2 Å². The first-order valence-corrected chi connectivity index (χ1v) is 11.1. The summed E-state index contributed by atoms with van der Waals surface area (Å²) in [5, 5.41) is 3.72.